The molecule has 0 saturated carbocycles. The molecule has 1 N–H and O–H groups in total. The van der Waals surface area contributed by atoms with Crippen molar-refractivity contribution in [3.8, 4) is 11.4 Å². The van der Waals surface area contributed by atoms with Gasteiger partial charge in [-0.3, -0.25) is 9.59 Å². The average molecular weight is 366 g/mol. The van der Waals surface area contributed by atoms with Crippen molar-refractivity contribution in [2.75, 3.05) is 13.1 Å². The molecule has 0 atom stereocenters. The molecule has 2 amide bonds. The minimum Gasteiger partial charge on any atom is -0.349 e. The Morgan fingerprint density at radius 3 is 2.52 bits per heavy atom. The third kappa shape index (κ3) is 4.70. The van der Waals surface area contributed by atoms with E-state index in [0.29, 0.717) is 36.6 Å². The molecule has 1 fully saturated rings. The number of aromatic nitrogens is 2. The summed E-state index contributed by atoms with van der Waals surface area (Å²) in [5, 5.41) is 3.07. The van der Waals surface area contributed by atoms with Crippen molar-refractivity contribution in [2.24, 2.45) is 0 Å². The second-order valence-corrected chi connectivity index (χ2v) is 6.94. The summed E-state index contributed by atoms with van der Waals surface area (Å²) in [6, 6.07) is 9.79. The van der Waals surface area contributed by atoms with Crippen molar-refractivity contribution in [1.29, 1.82) is 0 Å². The number of hydrogen-bond donors (Lipinski definition) is 1. The van der Waals surface area contributed by atoms with Crippen molar-refractivity contribution >= 4 is 11.8 Å². The Labute approximate surface area is 160 Å². The topological polar surface area (TPSA) is 75.2 Å². The smallest absolute Gasteiger partial charge is 0.254 e. The number of amides is 2. The van der Waals surface area contributed by atoms with Crippen molar-refractivity contribution in [3.05, 3.63) is 47.8 Å². The Kier molecular flexibility index (Phi) is 6.16. The zero-order valence-corrected chi connectivity index (χ0v) is 15.9. The molecule has 3 rings (SSSR count). The Balaban J connectivity index is 1.60. The van der Waals surface area contributed by atoms with Gasteiger partial charge in [0.25, 0.3) is 5.91 Å². The van der Waals surface area contributed by atoms with E-state index in [2.05, 4.69) is 15.3 Å². The third-order valence-electron chi connectivity index (χ3n) is 4.90. The van der Waals surface area contributed by atoms with Crippen molar-refractivity contribution in [1.82, 2.24) is 20.2 Å². The first kappa shape index (κ1) is 19.0. The van der Waals surface area contributed by atoms with Crippen LogP contribution in [0.5, 0.6) is 0 Å². The first-order chi connectivity index (χ1) is 13.1. The van der Waals surface area contributed by atoms with Crippen LogP contribution in [0.3, 0.4) is 0 Å². The molecule has 0 unspecified atom stereocenters. The number of likely N-dealkylation sites (tertiary alicyclic amines) is 1. The number of aryl methyl sites for hydroxylation is 1. The lowest BCUT2D eigenvalue weighted by molar-refractivity contribution is -0.132. The molecule has 142 valence electrons. The maximum Gasteiger partial charge on any atom is 0.254 e. The Morgan fingerprint density at radius 2 is 1.89 bits per heavy atom. The lowest BCUT2D eigenvalue weighted by Crippen LogP contribution is -2.46. The fraction of sp³-hybridized carbons (Fsp3) is 0.429. The zero-order valence-electron chi connectivity index (χ0n) is 15.9. The molecule has 1 aromatic heterocycles. The number of piperidine rings is 1. The summed E-state index contributed by atoms with van der Waals surface area (Å²) in [5.41, 5.74) is 2.09. The van der Waals surface area contributed by atoms with Crippen molar-refractivity contribution in [3.63, 3.8) is 0 Å². The van der Waals surface area contributed by atoms with Crippen LogP contribution >= 0.6 is 0 Å². The van der Waals surface area contributed by atoms with E-state index in [1.54, 1.807) is 6.20 Å². The second kappa shape index (κ2) is 8.75. The van der Waals surface area contributed by atoms with E-state index in [0.717, 1.165) is 24.8 Å². The van der Waals surface area contributed by atoms with Gasteiger partial charge in [0, 0.05) is 37.3 Å². The lowest BCUT2D eigenvalue weighted by Gasteiger charge is -2.32. The summed E-state index contributed by atoms with van der Waals surface area (Å²) in [7, 11) is 0. The first-order valence-corrected chi connectivity index (χ1v) is 9.56. The Bertz CT molecular complexity index is 799. The molecule has 6 nitrogen and oxygen atoms in total. The van der Waals surface area contributed by atoms with Crippen LogP contribution in [-0.4, -0.2) is 45.8 Å². The summed E-state index contributed by atoms with van der Waals surface area (Å²) in [4.78, 5) is 35.3. The largest absolute Gasteiger partial charge is 0.349 e. The Morgan fingerprint density at radius 1 is 1.19 bits per heavy atom. The van der Waals surface area contributed by atoms with Crippen molar-refractivity contribution in [2.45, 2.75) is 45.6 Å². The molecule has 1 aromatic carbocycles. The predicted molar refractivity (Wildman–Crippen MR) is 104 cm³/mol. The molecule has 0 spiro atoms. The molecular formula is C21H26N4O2. The van der Waals surface area contributed by atoms with E-state index >= 15 is 0 Å². The summed E-state index contributed by atoms with van der Waals surface area (Å²) in [6.45, 7) is 5.24. The number of carbonyl (C=O) groups excluding carboxylic acids is 2. The highest BCUT2D eigenvalue weighted by atomic mass is 16.2. The van der Waals surface area contributed by atoms with Gasteiger partial charge in [0.2, 0.25) is 5.91 Å². The first-order valence-electron chi connectivity index (χ1n) is 9.56. The summed E-state index contributed by atoms with van der Waals surface area (Å²) in [6.07, 6.45) is 4.63. The molecule has 1 aliphatic rings. The number of carbonyl (C=O) groups is 2. The number of nitrogens with zero attached hydrogens (tertiary/aromatic N) is 3. The van der Waals surface area contributed by atoms with Gasteiger partial charge in [0.05, 0.1) is 11.3 Å². The SMILES string of the molecule is CCCC(=O)N1CCC(NC(=O)c2cnc(-c3ccccc3)nc2C)CC1. The maximum atomic E-state index is 12.6. The third-order valence-corrected chi connectivity index (χ3v) is 4.90. The number of hydrogen-bond acceptors (Lipinski definition) is 4. The summed E-state index contributed by atoms with van der Waals surface area (Å²) >= 11 is 0. The summed E-state index contributed by atoms with van der Waals surface area (Å²) < 4.78 is 0. The molecule has 6 heteroatoms. The van der Waals surface area contributed by atoms with Gasteiger partial charge in [0.15, 0.2) is 5.82 Å². The molecule has 0 aliphatic carbocycles. The monoisotopic (exact) mass is 366 g/mol. The number of rotatable bonds is 5. The highest BCUT2D eigenvalue weighted by Crippen LogP contribution is 2.17. The fourth-order valence-electron chi connectivity index (χ4n) is 3.32. The van der Waals surface area contributed by atoms with Gasteiger partial charge in [-0.25, -0.2) is 9.97 Å². The lowest BCUT2D eigenvalue weighted by atomic mass is 10.0. The van der Waals surface area contributed by atoms with Crippen LogP contribution in [0.25, 0.3) is 11.4 Å². The van der Waals surface area contributed by atoms with Crippen LogP contribution in [0.4, 0.5) is 0 Å². The molecule has 27 heavy (non-hydrogen) atoms. The molecule has 2 aromatic rings. The molecule has 1 saturated heterocycles. The van der Waals surface area contributed by atoms with E-state index < -0.39 is 0 Å². The van der Waals surface area contributed by atoms with E-state index in [-0.39, 0.29) is 17.9 Å². The molecule has 0 bridgehead atoms. The van der Waals surface area contributed by atoms with Gasteiger partial charge in [-0.15, -0.1) is 0 Å². The van der Waals surface area contributed by atoms with Crippen LogP contribution in [0.15, 0.2) is 36.5 Å². The van der Waals surface area contributed by atoms with Crippen LogP contribution in [0.2, 0.25) is 0 Å². The normalized spacial score (nSPS) is 14.8. The Hall–Kier alpha value is -2.76. The van der Waals surface area contributed by atoms with Gasteiger partial charge in [-0.2, -0.15) is 0 Å². The highest BCUT2D eigenvalue weighted by molar-refractivity contribution is 5.95. The van der Waals surface area contributed by atoms with Gasteiger partial charge < -0.3 is 10.2 Å². The van der Waals surface area contributed by atoms with Crippen LogP contribution in [0, 0.1) is 6.92 Å². The van der Waals surface area contributed by atoms with E-state index in [1.807, 2.05) is 49.1 Å². The van der Waals surface area contributed by atoms with E-state index in [9.17, 15) is 9.59 Å². The number of benzene rings is 1. The van der Waals surface area contributed by atoms with E-state index in [1.165, 1.54) is 0 Å². The standard InChI is InChI=1S/C21H26N4O2/c1-3-7-19(26)25-12-10-17(11-13-25)24-21(27)18-14-22-20(23-15(18)2)16-8-5-4-6-9-16/h4-6,8-9,14,17H,3,7,10-13H2,1-2H3,(H,24,27). The molecular weight excluding hydrogens is 340 g/mol. The summed E-state index contributed by atoms with van der Waals surface area (Å²) in [5.74, 6) is 0.681. The minimum atomic E-state index is -0.148. The van der Waals surface area contributed by atoms with Crippen LogP contribution < -0.4 is 5.32 Å². The highest BCUT2D eigenvalue weighted by Gasteiger charge is 2.24. The fourth-order valence-corrected chi connectivity index (χ4v) is 3.32. The van der Waals surface area contributed by atoms with Crippen LogP contribution in [-0.2, 0) is 4.79 Å². The van der Waals surface area contributed by atoms with Crippen LogP contribution in [0.1, 0.15) is 48.7 Å². The quantitative estimate of drug-likeness (QED) is 0.883. The number of nitrogens with one attached hydrogen (secondary N) is 1. The van der Waals surface area contributed by atoms with E-state index in [4.69, 9.17) is 0 Å². The minimum absolute atomic E-state index is 0.0800. The molecule has 2 heterocycles. The van der Waals surface area contributed by atoms with Gasteiger partial charge in [0.1, 0.15) is 0 Å². The second-order valence-electron chi connectivity index (χ2n) is 6.94. The van der Waals surface area contributed by atoms with Gasteiger partial charge in [-0.05, 0) is 26.2 Å². The molecule has 1 aliphatic heterocycles. The van der Waals surface area contributed by atoms with Gasteiger partial charge in [-0.1, -0.05) is 37.3 Å². The zero-order chi connectivity index (χ0) is 19.2. The maximum absolute atomic E-state index is 12.6. The predicted octanol–water partition coefficient (Wildman–Crippen LogP) is 2.97. The van der Waals surface area contributed by atoms with Gasteiger partial charge >= 0.3 is 0 Å². The molecule has 0 radical (unpaired) electrons. The average Bonchev–Trinajstić information content (AvgIpc) is 2.69. The van der Waals surface area contributed by atoms with Crippen molar-refractivity contribution < 1.29 is 9.59 Å².